The Balaban J connectivity index is 3.27. The number of hydrogen-bond acceptors (Lipinski definition) is 4. The summed E-state index contributed by atoms with van der Waals surface area (Å²) >= 11 is 0. The van der Waals surface area contributed by atoms with Crippen LogP contribution in [0.4, 0.5) is 5.82 Å². The highest BCUT2D eigenvalue weighted by Crippen LogP contribution is 2.17. The van der Waals surface area contributed by atoms with Gasteiger partial charge >= 0.3 is 0 Å². The van der Waals surface area contributed by atoms with Crippen molar-refractivity contribution >= 4 is 23.9 Å². The topological polar surface area (TPSA) is 79.4 Å². The number of carbonyl (C=O) groups is 2. The summed E-state index contributed by atoms with van der Waals surface area (Å²) in [6.45, 7) is 2.96. The van der Waals surface area contributed by atoms with Crippen LogP contribution in [0.5, 0.6) is 0 Å². The van der Waals surface area contributed by atoms with Gasteiger partial charge in [-0.05, 0) is 18.2 Å². The number of nitrogens with zero attached hydrogens (tertiary/aromatic N) is 2. The van der Waals surface area contributed by atoms with Gasteiger partial charge < -0.3 is 0 Å². The normalized spacial score (nSPS) is 9.00. The van der Waals surface area contributed by atoms with Crippen molar-refractivity contribution in [3.05, 3.63) is 36.5 Å². The Bertz CT molecular complexity index is 560. The van der Waals surface area contributed by atoms with E-state index < -0.39 is 11.8 Å². The molecule has 19 heavy (non-hydrogen) atoms. The fourth-order valence-electron chi connectivity index (χ4n) is 1.35. The Hall–Kier alpha value is -2.94. The summed E-state index contributed by atoms with van der Waals surface area (Å²) in [5, 5.41) is 2.14. The van der Waals surface area contributed by atoms with Gasteiger partial charge in [0, 0.05) is 12.2 Å². The lowest BCUT2D eigenvalue weighted by atomic mass is 10.2. The first kappa shape index (κ1) is 14.1. The molecule has 1 aromatic rings. The third kappa shape index (κ3) is 3.26. The second kappa shape index (κ2) is 6.71. The molecule has 1 radical (unpaired) electrons. The van der Waals surface area contributed by atoms with Crippen LogP contribution < -0.4 is 10.2 Å². The van der Waals surface area contributed by atoms with E-state index in [1.54, 1.807) is 6.29 Å². The number of amides is 2. The Morgan fingerprint density at radius 3 is 2.89 bits per heavy atom. The SMILES string of the molecule is C#CNC(=O)c1cccnc1N(C[C]=O)C(=O)C=C. The van der Waals surface area contributed by atoms with Crippen LogP contribution >= 0.6 is 0 Å². The summed E-state index contributed by atoms with van der Waals surface area (Å²) < 4.78 is 0. The Kier molecular flexibility index (Phi) is 4.99. The number of nitrogens with one attached hydrogen (secondary N) is 1. The smallest absolute Gasteiger partial charge is 0.266 e. The Morgan fingerprint density at radius 2 is 2.32 bits per heavy atom. The maximum atomic E-state index is 11.7. The molecule has 1 rings (SSSR count). The molecule has 0 saturated carbocycles. The number of aromatic nitrogens is 1. The van der Waals surface area contributed by atoms with E-state index in [0.29, 0.717) is 0 Å². The number of terminal acetylenes is 1. The molecule has 0 atom stereocenters. The van der Waals surface area contributed by atoms with Crippen molar-refractivity contribution in [3.8, 4) is 12.5 Å². The number of hydrogen-bond donors (Lipinski definition) is 1. The number of carbonyl (C=O) groups excluding carboxylic acids is 3. The maximum Gasteiger partial charge on any atom is 0.266 e. The summed E-state index contributed by atoms with van der Waals surface area (Å²) in [7, 11) is 0. The maximum absolute atomic E-state index is 11.7. The van der Waals surface area contributed by atoms with Gasteiger partial charge in [0.2, 0.25) is 6.29 Å². The van der Waals surface area contributed by atoms with Crippen molar-refractivity contribution < 1.29 is 14.4 Å². The van der Waals surface area contributed by atoms with Crippen molar-refractivity contribution in [3.63, 3.8) is 0 Å². The zero-order chi connectivity index (χ0) is 14.3. The minimum absolute atomic E-state index is 0.0171. The Labute approximate surface area is 110 Å². The van der Waals surface area contributed by atoms with Gasteiger partial charge in [0.1, 0.15) is 5.82 Å². The minimum atomic E-state index is -0.599. The molecule has 0 saturated heterocycles. The lowest BCUT2D eigenvalue weighted by molar-refractivity contribution is -0.114. The van der Waals surface area contributed by atoms with Crippen LogP contribution in [-0.4, -0.2) is 29.6 Å². The van der Waals surface area contributed by atoms with E-state index in [0.717, 1.165) is 11.0 Å². The van der Waals surface area contributed by atoms with Gasteiger partial charge in [0.25, 0.3) is 11.8 Å². The molecule has 95 valence electrons. The molecule has 0 aliphatic carbocycles. The summed E-state index contributed by atoms with van der Waals surface area (Å²) in [5.41, 5.74) is 0.0749. The molecule has 0 spiro atoms. The molecule has 1 aromatic heterocycles. The average molecular weight is 256 g/mol. The van der Waals surface area contributed by atoms with Gasteiger partial charge in [-0.25, -0.2) is 4.98 Å². The molecule has 6 nitrogen and oxygen atoms in total. The summed E-state index contributed by atoms with van der Waals surface area (Å²) in [6.07, 6.45) is 8.95. The van der Waals surface area contributed by atoms with E-state index in [9.17, 15) is 14.4 Å². The van der Waals surface area contributed by atoms with Gasteiger partial charge in [-0.3, -0.25) is 24.6 Å². The van der Waals surface area contributed by atoms with E-state index in [1.165, 1.54) is 18.3 Å². The number of rotatable bonds is 5. The van der Waals surface area contributed by atoms with E-state index >= 15 is 0 Å². The van der Waals surface area contributed by atoms with Crippen molar-refractivity contribution in [1.29, 1.82) is 0 Å². The van der Waals surface area contributed by atoms with Crippen LogP contribution in [0.2, 0.25) is 0 Å². The molecule has 1 N–H and O–H groups in total. The summed E-state index contributed by atoms with van der Waals surface area (Å²) in [5.74, 6) is -1.15. The van der Waals surface area contributed by atoms with Gasteiger partial charge in [-0.2, -0.15) is 0 Å². The lowest BCUT2D eigenvalue weighted by Crippen LogP contribution is -2.34. The summed E-state index contributed by atoms with van der Waals surface area (Å²) in [6, 6.07) is 4.92. The second-order valence-corrected chi connectivity index (χ2v) is 3.25. The predicted octanol–water partition coefficient (Wildman–Crippen LogP) is 0.0308. The quantitative estimate of drug-likeness (QED) is 0.458. The highest BCUT2D eigenvalue weighted by Gasteiger charge is 2.21. The number of anilines is 1. The van der Waals surface area contributed by atoms with Crippen LogP contribution in [0, 0.1) is 12.5 Å². The molecule has 0 fully saturated rings. The molecular formula is C13H10N3O3. The third-order valence-corrected chi connectivity index (χ3v) is 2.14. The van der Waals surface area contributed by atoms with Crippen molar-refractivity contribution in [2.24, 2.45) is 0 Å². The first-order valence-electron chi connectivity index (χ1n) is 5.15. The van der Waals surface area contributed by atoms with Crippen LogP contribution in [-0.2, 0) is 9.59 Å². The van der Waals surface area contributed by atoms with E-state index in [2.05, 4.69) is 16.9 Å². The van der Waals surface area contributed by atoms with Gasteiger partial charge in [0.15, 0.2) is 0 Å². The standard InChI is InChI=1S/C13H10N3O3/c1-3-11(18)16(8-9-17)12-10(6-5-7-15-12)13(19)14-4-2/h2-3,5-7H,1,8H2,(H,14,19). The molecule has 0 bridgehead atoms. The molecule has 0 aromatic carbocycles. The zero-order valence-electron chi connectivity index (χ0n) is 9.92. The number of pyridine rings is 1. The van der Waals surface area contributed by atoms with Crippen LogP contribution in [0.25, 0.3) is 0 Å². The third-order valence-electron chi connectivity index (χ3n) is 2.14. The molecule has 0 unspecified atom stereocenters. The second-order valence-electron chi connectivity index (χ2n) is 3.25. The largest absolute Gasteiger partial charge is 0.289 e. The highest BCUT2D eigenvalue weighted by molar-refractivity contribution is 6.08. The van der Waals surface area contributed by atoms with Gasteiger partial charge in [-0.1, -0.05) is 13.0 Å². The molecule has 1 heterocycles. The van der Waals surface area contributed by atoms with E-state index in [-0.39, 0.29) is 17.9 Å². The fraction of sp³-hybridized carbons (Fsp3) is 0.0769. The van der Waals surface area contributed by atoms with E-state index in [4.69, 9.17) is 6.42 Å². The highest BCUT2D eigenvalue weighted by atomic mass is 16.2. The first-order chi connectivity index (χ1) is 9.15. The van der Waals surface area contributed by atoms with Crippen molar-refractivity contribution in [1.82, 2.24) is 10.3 Å². The molecule has 0 aliphatic heterocycles. The van der Waals surface area contributed by atoms with E-state index in [1.807, 2.05) is 6.04 Å². The average Bonchev–Trinajstić information content (AvgIpc) is 2.44. The Morgan fingerprint density at radius 1 is 1.58 bits per heavy atom. The summed E-state index contributed by atoms with van der Waals surface area (Å²) in [4.78, 5) is 38.8. The van der Waals surface area contributed by atoms with Crippen LogP contribution in [0.15, 0.2) is 31.0 Å². The first-order valence-corrected chi connectivity index (χ1v) is 5.15. The molecule has 2 amide bonds. The minimum Gasteiger partial charge on any atom is -0.289 e. The molecular weight excluding hydrogens is 246 g/mol. The lowest BCUT2D eigenvalue weighted by Gasteiger charge is -2.19. The monoisotopic (exact) mass is 256 g/mol. The van der Waals surface area contributed by atoms with Crippen LogP contribution in [0.1, 0.15) is 10.4 Å². The van der Waals surface area contributed by atoms with Crippen molar-refractivity contribution in [2.75, 3.05) is 11.4 Å². The zero-order valence-corrected chi connectivity index (χ0v) is 9.92. The molecule has 6 heteroatoms. The van der Waals surface area contributed by atoms with Gasteiger partial charge in [-0.15, -0.1) is 0 Å². The molecule has 0 aliphatic rings. The predicted molar refractivity (Wildman–Crippen MR) is 68.8 cm³/mol. The fourth-order valence-corrected chi connectivity index (χ4v) is 1.35. The van der Waals surface area contributed by atoms with Crippen molar-refractivity contribution in [2.45, 2.75) is 0 Å². The van der Waals surface area contributed by atoms with Gasteiger partial charge in [0.05, 0.1) is 12.1 Å². The van der Waals surface area contributed by atoms with Crippen LogP contribution in [0.3, 0.4) is 0 Å².